The number of nitrogens with one attached hydrogen (secondary N) is 2. The first kappa shape index (κ1) is 23.5. The molecule has 0 aliphatic heterocycles. The number of aromatic nitrogens is 2. The Morgan fingerprint density at radius 1 is 1.22 bits per heavy atom. The molecule has 1 heterocycles. The second-order valence-corrected chi connectivity index (χ2v) is 7.95. The summed E-state index contributed by atoms with van der Waals surface area (Å²) in [6.45, 7) is -0.195. The van der Waals surface area contributed by atoms with Gasteiger partial charge in [-0.3, -0.25) is 14.7 Å². The Labute approximate surface area is 189 Å². The van der Waals surface area contributed by atoms with Gasteiger partial charge >= 0.3 is 12.0 Å². The summed E-state index contributed by atoms with van der Waals surface area (Å²) in [6.07, 6.45) is 10.5. The van der Waals surface area contributed by atoms with Gasteiger partial charge in [0.15, 0.2) is 17.5 Å². The number of benzene rings is 1. The molecule has 0 fully saturated rings. The predicted molar refractivity (Wildman–Crippen MR) is 118 cm³/mol. The van der Waals surface area contributed by atoms with E-state index in [-0.39, 0.29) is 5.69 Å². The molecule has 0 spiro atoms. The van der Waals surface area contributed by atoms with Crippen LogP contribution in [0.1, 0.15) is 42.6 Å². The summed E-state index contributed by atoms with van der Waals surface area (Å²) in [5, 5.41) is 5.27. The van der Waals surface area contributed by atoms with E-state index in [1.54, 1.807) is 6.26 Å². The molecule has 0 radical (unpaired) electrons. The van der Waals surface area contributed by atoms with Gasteiger partial charge in [0.2, 0.25) is 0 Å². The highest BCUT2D eigenvalue weighted by molar-refractivity contribution is 7.98. The third kappa shape index (κ3) is 6.43. The smallest absolute Gasteiger partial charge is 0.357 e. The molecule has 1 aromatic heterocycles. The third-order valence-electron chi connectivity index (χ3n) is 4.91. The van der Waals surface area contributed by atoms with Gasteiger partial charge < -0.3 is 10.1 Å². The normalized spacial score (nSPS) is 13.2. The summed E-state index contributed by atoms with van der Waals surface area (Å²) in [4.78, 5) is 40.5. The average molecular weight is 461 g/mol. The van der Waals surface area contributed by atoms with E-state index in [2.05, 4.69) is 21.7 Å². The lowest BCUT2D eigenvalue weighted by molar-refractivity contribution is -0.123. The van der Waals surface area contributed by atoms with E-state index < -0.39 is 30.3 Å². The van der Waals surface area contributed by atoms with Crippen LogP contribution in [-0.4, -0.2) is 46.9 Å². The van der Waals surface area contributed by atoms with E-state index in [4.69, 9.17) is 4.74 Å². The molecule has 170 valence electrons. The van der Waals surface area contributed by atoms with Crippen molar-refractivity contribution in [3.05, 3.63) is 53.6 Å². The number of carbonyl (C=O) groups excluding carboxylic acids is 3. The summed E-state index contributed by atoms with van der Waals surface area (Å²) >= 11 is 1.30. The lowest BCUT2D eigenvalue weighted by Gasteiger charge is -2.13. The Bertz CT molecular complexity index is 1000. The molecule has 2 aromatic rings. The number of nitrogens with zero attached hydrogens (tertiary/aromatic N) is 2. The van der Waals surface area contributed by atoms with Crippen molar-refractivity contribution < 1.29 is 23.5 Å². The molecule has 3 amide bonds. The van der Waals surface area contributed by atoms with Crippen molar-refractivity contribution in [2.45, 2.75) is 37.3 Å². The molecule has 0 saturated heterocycles. The van der Waals surface area contributed by atoms with Crippen molar-refractivity contribution in [1.82, 2.24) is 20.2 Å². The molecule has 3 rings (SSSR count). The number of hydrogen-bond donors (Lipinski definition) is 2. The highest BCUT2D eigenvalue weighted by atomic mass is 32.2. The summed E-state index contributed by atoms with van der Waals surface area (Å²) in [5.74, 6) is -1.94. The Kier molecular flexibility index (Phi) is 8.43. The van der Waals surface area contributed by atoms with Gasteiger partial charge in [-0.15, -0.1) is 0 Å². The van der Waals surface area contributed by atoms with Crippen LogP contribution in [0.5, 0.6) is 0 Å². The monoisotopic (exact) mass is 460 g/mol. The van der Waals surface area contributed by atoms with Gasteiger partial charge in [-0.2, -0.15) is 0 Å². The Morgan fingerprint density at radius 3 is 2.69 bits per heavy atom. The molecule has 8 nitrogen and oxygen atoms in total. The number of allylic oxidation sites excluding steroid dienone is 1. The Hall–Kier alpha value is -3.14. The van der Waals surface area contributed by atoms with Crippen molar-refractivity contribution in [3.8, 4) is 5.69 Å². The highest BCUT2D eigenvalue weighted by Crippen LogP contribution is 2.22. The highest BCUT2D eigenvalue weighted by Gasteiger charge is 2.20. The molecule has 0 saturated carbocycles. The van der Waals surface area contributed by atoms with Gasteiger partial charge in [-0.05, 0) is 62.6 Å². The molecule has 1 aliphatic carbocycles. The molecule has 0 bridgehead atoms. The third-order valence-corrected chi connectivity index (χ3v) is 5.56. The first-order valence-corrected chi connectivity index (χ1v) is 11.5. The van der Waals surface area contributed by atoms with Crippen LogP contribution < -0.4 is 10.6 Å². The molecule has 32 heavy (non-hydrogen) atoms. The van der Waals surface area contributed by atoms with Gasteiger partial charge in [0.05, 0.1) is 6.20 Å². The van der Waals surface area contributed by atoms with E-state index in [0.29, 0.717) is 17.4 Å². The number of amides is 3. The van der Waals surface area contributed by atoms with Crippen molar-refractivity contribution in [2.24, 2.45) is 0 Å². The molecular formula is C22H25FN4O4S. The van der Waals surface area contributed by atoms with Crippen LogP contribution in [0.4, 0.5) is 9.18 Å². The van der Waals surface area contributed by atoms with Gasteiger partial charge in [0.1, 0.15) is 5.82 Å². The maximum atomic E-state index is 13.3. The minimum absolute atomic E-state index is 0.0824. The van der Waals surface area contributed by atoms with E-state index in [0.717, 1.165) is 19.3 Å². The van der Waals surface area contributed by atoms with Crippen molar-refractivity contribution in [2.75, 3.05) is 19.4 Å². The van der Waals surface area contributed by atoms with Gasteiger partial charge in [0.25, 0.3) is 5.91 Å². The molecule has 1 aromatic carbocycles. The summed E-state index contributed by atoms with van der Waals surface area (Å²) in [6, 6.07) is 4.92. The topological polar surface area (TPSA) is 102 Å². The van der Waals surface area contributed by atoms with Gasteiger partial charge in [-0.1, -0.05) is 23.4 Å². The van der Waals surface area contributed by atoms with Crippen LogP contribution in [0.3, 0.4) is 0 Å². The number of ether oxygens (including phenoxy) is 1. The number of rotatable bonds is 8. The first-order chi connectivity index (χ1) is 15.5. The van der Waals surface area contributed by atoms with Gasteiger partial charge in [0, 0.05) is 12.2 Å². The minimum Gasteiger partial charge on any atom is -0.451 e. The summed E-state index contributed by atoms with van der Waals surface area (Å²) in [7, 11) is 0. The lowest BCUT2D eigenvalue weighted by atomic mass is 9.97. The zero-order valence-electron chi connectivity index (χ0n) is 17.7. The molecule has 0 unspecified atom stereocenters. The quantitative estimate of drug-likeness (QED) is 0.355. The number of imide groups is 1. The van der Waals surface area contributed by atoms with Crippen molar-refractivity contribution in [1.29, 1.82) is 0 Å². The predicted octanol–water partition coefficient (Wildman–Crippen LogP) is 3.61. The number of halogens is 1. The molecule has 10 heteroatoms. The van der Waals surface area contributed by atoms with E-state index in [1.165, 1.54) is 65.2 Å². The number of thioether (sulfide) groups is 1. The van der Waals surface area contributed by atoms with E-state index >= 15 is 0 Å². The number of urea groups is 1. The molecule has 0 atom stereocenters. The number of carbonyl (C=O) groups is 3. The Morgan fingerprint density at radius 2 is 2.00 bits per heavy atom. The minimum atomic E-state index is -0.790. The zero-order valence-corrected chi connectivity index (χ0v) is 18.5. The average Bonchev–Trinajstić information content (AvgIpc) is 3.23. The van der Waals surface area contributed by atoms with Crippen LogP contribution in [0.15, 0.2) is 47.3 Å². The van der Waals surface area contributed by atoms with Crippen LogP contribution in [-0.2, 0) is 9.53 Å². The van der Waals surface area contributed by atoms with Crippen molar-refractivity contribution >= 4 is 29.7 Å². The molecule has 2 N–H and O–H groups in total. The van der Waals surface area contributed by atoms with Crippen LogP contribution in [0.2, 0.25) is 0 Å². The second kappa shape index (κ2) is 11.5. The van der Waals surface area contributed by atoms with Crippen LogP contribution in [0, 0.1) is 5.82 Å². The number of esters is 1. The Balaban J connectivity index is 1.50. The SMILES string of the molecule is CSc1ncc(C(=O)OCC(=O)NC(=O)NCCC2=CCCCC2)n1-c1ccc(F)cc1. The van der Waals surface area contributed by atoms with Gasteiger partial charge in [-0.25, -0.2) is 19.0 Å². The number of hydrogen-bond acceptors (Lipinski definition) is 6. The zero-order chi connectivity index (χ0) is 22.9. The van der Waals surface area contributed by atoms with E-state index in [1.807, 2.05) is 0 Å². The standard InChI is InChI=1S/C22H25FN4O4S/c1-32-22-25-13-18(27(22)17-9-7-16(23)8-10-17)20(29)31-14-19(28)26-21(30)24-12-11-15-5-3-2-4-6-15/h5,7-10,13H,2-4,6,11-12,14H2,1H3,(H2,24,26,28,30). The molecular weight excluding hydrogens is 435 g/mol. The fraction of sp³-hybridized carbons (Fsp3) is 0.364. The fourth-order valence-electron chi connectivity index (χ4n) is 3.34. The first-order valence-electron chi connectivity index (χ1n) is 10.3. The van der Waals surface area contributed by atoms with Crippen molar-refractivity contribution in [3.63, 3.8) is 0 Å². The van der Waals surface area contributed by atoms with Crippen LogP contribution >= 0.6 is 11.8 Å². The maximum Gasteiger partial charge on any atom is 0.357 e. The summed E-state index contributed by atoms with van der Waals surface area (Å²) in [5.41, 5.74) is 1.93. The fourth-order valence-corrected chi connectivity index (χ4v) is 3.89. The summed E-state index contributed by atoms with van der Waals surface area (Å²) < 4.78 is 19.8. The van der Waals surface area contributed by atoms with E-state index in [9.17, 15) is 18.8 Å². The lowest BCUT2D eigenvalue weighted by Crippen LogP contribution is -2.41. The molecule has 1 aliphatic rings. The maximum absolute atomic E-state index is 13.3. The number of imidazole rings is 1. The second-order valence-electron chi connectivity index (χ2n) is 7.18. The largest absolute Gasteiger partial charge is 0.451 e. The van der Waals surface area contributed by atoms with Crippen LogP contribution in [0.25, 0.3) is 5.69 Å².